The van der Waals surface area contributed by atoms with Crippen molar-refractivity contribution in [2.75, 3.05) is 39.3 Å². The Morgan fingerprint density at radius 2 is 0.530 bits per heavy atom. The lowest BCUT2D eigenvalue weighted by atomic mass is 10.0. The van der Waals surface area contributed by atoms with Crippen LogP contribution in [-0.2, 0) is 0 Å². The Morgan fingerprint density at radius 1 is 0.318 bits per heavy atom. The predicted molar refractivity (Wildman–Crippen MR) is 304 cm³/mol. The SMILES string of the molecule is CC.CCCCCCCCCCCCCCCCCCCCCCCCCCCCCCCCN1CCNCC1N(CCCCCCCCCCCC)CCCCCCCCCCCC.N. The van der Waals surface area contributed by atoms with Crippen molar-refractivity contribution in [2.24, 2.45) is 0 Å². The Morgan fingerprint density at radius 3 is 0.773 bits per heavy atom. The van der Waals surface area contributed by atoms with Crippen LogP contribution in [0.2, 0.25) is 0 Å². The van der Waals surface area contributed by atoms with Crippen molar-refractivity contribution in [2.45, 2.75) is 362 Å². The topological polar surface area (TPSA) is 53.5 Å². The highest BCUT2D eigenvalue weighted by atomic mass is 15.4. The molecule has 1 fully saturated rings. The molecule has 4 nitrogen and oxygen atoms in total. The molecule has 1 rings (SSSR count). The van der Waals surface area contributed by atoms with Crippen LogP contribution >= 0.6 is 0 Å². The molecule has 1 heterocycles. The van der Waals surface area contributed by atoms with Crippen LogP contribution in [0.4, 0.5) is 0 Å². The minimum Gasteiger partial charge on any atom is -0.344 e. The summed E-state index contributed by atoms with van der Waals surface area (Å²) in [6.45, 7) is 18.5. The number of piperazine rings is 1. The van der Waals surface area contributed by atoms with Gasteiger partial charge in [0, 0.05) is 19.6 Å². The predicted octanol–water partition coefficient (Wildman–Crippen LogP) is 21.3. The Hall–Kier alpha value is -0.160. The molecule has 0 bridgehead atoms. The number of rotatable bonds is 54. The first-order valence-corrected chi connectivity index (χ1v) is 31.5. The van der Waals surface area contributed by atoms with Gasteiger partial charge in [-0.15, -0.1) is 0 Å². The molecule has 400 valence electrons. The summed E-state index contributed by atoms with van der Waals surface area (Å²) in [4.78, 5) is 5.83. The molecule has 1 aliphatic heterocycles. The molecule has 66 heavy (non-hydrogen) atoms. The third kappa shape index (κ3) is 50.2. The summed E-state index contributed by atoms with van der Waals surface area (Å²) in [6, 6.07) is 0. The fourth-order valence-corrected chi connectivity index (χ4v) is 10.7. The summed E-state index contributed by atoms with van der Waals surface area (Å²) in [5.74, 6) is 0. The average Bonchev–Trinajstić information content (AvgIpc) is 3.33. The maximum absolute atomic E-state index is 3.81. The van der Waals surface area contributed by atoms with Gasteiger partial charge in [0.15, 0.2) is 0 Å². The Bertz CT molecular complexity index is 796. The number of nitrogens with zero attached hydrogens (tertiary/aromatic N) is 2. The number of hydrogen-bond donors (Lipinski definition) is 2. The molecule has 0 spiro atoms. The van der Waals surface area contributed by atoms with Crippen LogP contribution in [0.5, 0.6) is 0 Å². The molecular formula is C62H132N4. The summed E-state index contributed by atoms with van der Waals surface area (Å²) in [5, 5.41) is 3.81. The van der Waals surface area contributed by atoms with Gasteiger partial charge >= 0.3 is 0 Å². The van der Waals surface area contributed by atoms with Crippen LogP contribution in [0.3, 0.4) is 0 Å². The lowest BCUT2D eigenvalue weighted by molar-refractivity contribution is 0.0203. The molecule has 0 aromatic heterocycles. The van der Waals surface area contributed by atoms with E-state index in [1.165, 1.54) is 360 Å². The number of nitrogens with one attached hydrogen (secondary N) is 1. The molecule has 4 heteroatoms. The van der Waals surface area contributed by atoms with Gasteiger partial charge in [-0.05, 0) is 38.9 Å². The van der Waals surface area contributed by atoms with Crippen LogP contribution < -0.4 is 11.5 Å². The van der Waals surface area contributed by atoms with Gasteiger partial charge < -0.3 is 11.5 Å². The van der Waals surface area contributed by atoms with Gasteiger partial charge in [0.1, 0.15) is 0 Å². The molecular weight excluding hydrogens is 801 g/mol. The quantitative estimate of drug-likeness (QED) is 0.0597. The summed E-state index contributed by atoms with van der Waals surface area (Å²) in [6.07, 6.45) is 73.7. The Balaban J connectivity index is 0. The van der Waals surface area contributed by atoms with Crippen molar-refractivity contribution in [3.8, 4) is 0 Å². The molecule has 1 aliphatic rings. The van der Waals surface area contributed by atoms with Gasteiger partial charge in [-0.25, -0.2) is 0 Å². The second kappa shape index (κ2) is 61.0. The lowest BCUT2D eigenvalue weighted by Crippen LogP contribution is -2.59. The maximum Gasteiger partial charge on any atom is 0.0751 e. The molecule has 0 radical (unpaired) electrons. The fraction of sp³-hybridized carbons (Fsp3) is 1.00. The van der Waals surface area contributed by atoms with Crippen molar-refractivity contribution < 1.29 is 0 Å². The highest BCUT2D eigenvalue weighted by Crippen LogP contribution is 2.20. The summed E-state index contributed by atoms with van der Waals surface area (Å²) < 4.78 is 0. The zero-order chi connectivity index (χ0) is 47.0. The van der Waals surface area contributed by atoms with E-state index >= 15 is 0 Å². The third-order valence-corrected chi connectivity index (χ3v) is 15.1. The first-order chi connectivity index (χ1) is 32.3. The first-order valence-electron chi connectivity index (χ1n) is 31.5. The van der Waals surface area contributed by atoms with Gasteiger partial charge in [-0.2, -0.15) is 0 Å². The third-order valence-electron chi connectivity index (χ3n) is 15.1. The van der Waals surface area contributed by atoms with Gasteiger partial charge in [0.25, 0.3) is 0 Å². The van der Waals surface area contributed by atoms with E-state index < -0.39 is 0 Å². The van der Waals surface area contributed by atoms with Crippen molar-refractivity contribution in [1.29, 1.82) is 0 Å². The molecule has 0 aromatic rings. The van der Waals surface area contributed by atoms with E-state index in [2.05, 4.69) is 35.9 Å². The monoisotopic (exact) mass is 933 g/mol. The molecule has 0 aliphatic carbocycles. The Labute approximate surface area is 420 Å². The average molecular weight is 934 g/mol. The largest absolute Gasteiger partial charge is 0.344 e. The second-order valence-electron chi connectivity index (χ2n) is 21.4. The van der Waals surface area contributed by atoms with E-state index in [0.717, 1.165) is 0 Å². The molecule has 0 aromatic carbocycles. The standard InChI is InChI=1S/C60H123N3.C2H6.H3N/c1-4-7-10-13-16-19-22-23-24-25-26-27-28-29-30-31-32-33-34-35-36-37-38-39-40-41-44-47-50-53-57-63-58-54-61-59-60(63)62(55-51-48-45-42-20-17-14-11-8-5-2)56-52-49-46-43-21-18-15-12-9-6-3;1-2;/h60-61H,4-59H2,1-3H3;1-2H3;1H3. The summed E-state index contributed by atoms with van der Waals surface area (Å²) in [5.41, 5.74) is 0. The van der Waals surface area contributed by atoms with E-state index in [1.54, 1.807) is 0 Å². The summed E-state index contributed by atoms with van der Waals surface area (Å²) in [7, 11) is 0. The molecule has 1 atom stereocenters. The van der Waals surface area contributed by atoms with Gasteiger partial charge in [-0.1, -0.05) is 336 Å². The lowest BCUT2D eigenvalue weighted by Gasteiger charge is -2.43. The van der Waals surface area contributed by atoms with Crippen LogP contribution in [0, 0.1) is 0 Å². The highest BCUT2D eigenvalue weighted by Gasteiger charge is 2.27. The van der Waals surface area contributed by atoms with Crippen LogP contribution in [0.1, 0.15) is 356 Å². The van der Waals surface area contributed by atoms with Crippen molar-refractivity contribution >= 4 is 0 Å². The smallest absolute Gasteiger partial charge is 0.0751 e. The van der Waals surface area contributed by atoms with Gasteiger partial charge in [0.05, 0.1) is 6.17 Å². The van der Waals surface area contributed by atoms with Gasteiger partial charge in [-0.3, -0.25) is 9.80 Å². The van der Waals surface area contributed by atoms with Crippen LogP contribution in [0.15, 0.2) is 0 Å². The van der Waals surface area contributed by atoms with Crippen molar-refractivity contribution in [1.82, 2.24) is 21.3 Å². The number of hydrogen-bond acceptors (Lipinski definition) is 4. The van der Waals surface area contributed by atoms with E-state index in [1.807, 2.05) is 13.8 Å². The zero-order valence-corrected chi connectivity index (χ0v) is 47.3. The summed E-state index contributed by atoms with van der Waals surface area (Å²) >= 11 is 0. The molecule has 0 amide bonds. The van der Waals surface area contributed by atoms with E-state index in [9.17, 15) is 0 Å². The Kier molecular flexibility index (Phi) is 62.7. The first kappa shape index (κ1) is 67.9. The second-order valence-corrected chi connectivity index (χ2v) is 21.4. The molecule has 0 saturated carbocycles. The normalized spacial score (nSPS) is 14.2. The van der Waals surface area contributed by atoms with Crippen molar-refractivity contribution in [3.63, 3.8) is 0 Å². The maximum atomic E-state index is 3.81. The zero-order valence-electron chi connectivity index (χ0n) is 47.3. The van der Waals surface area contributed by atoms with E-state index in [4.69, 9.17) is 0 Å². The minimum atomic E-state index is 0. The number of unbranched alkanes of at least 4 members (excludes halogenated alkanes) is 47. The molecule has 4 N–H and O–H groups in total. The minimum absolute atomic E-state index is 0. The fourth-order valence-electron chi connectivity index (χ4n) is 10.7. The van der Waals surface area contributed by atoms with Gasteiger partial charge in [0.2, 0.25) is 0 Å². The van der Waals surface area contributed by atoms with Crippen LogP contribution in [0.25, 0.3) is 0 Å². The van der Waals surface area contributed by atoms with Crippen LogP contribution in [-0.4, -0.2) is 55.2 Å². The molecule has 1 unspecified atom stereocenters. The highest BCUT2D eigenvalue weighted by molar-refractivity contribution is 4.81. The van der Waals surface area contributed by atoms with E-state index in [0.29, 0.717) is 6.17 Å². The van der Waals surface area contributed by atoms with E-state index in [-0.39, 0.29) is 6.15 Å². The molecule has 1 saturated heterocycles. The van der Waals surface area contributed by atoms with Crippen molar-refractivity contribution in [3.05, 3.63) is 0 Å².